The van der Waals surface area contributed by atoms with Crippen molar-refractivity contribution in [2.45, 2.75) is 38.8 Å². The molecule has 1 aliphatic rings. The Kier molecular flexibility index (Phi) is 5.68. The number of benzene rings is 1. The van der Waals surface area contributed by atoms with Crippen LogP contribution in [0.5, 0.6) is 0 Å². The number of carbonyl (C=O) groups excluding carboxylic acids is 4. The third-order valence-corrected chi connectivity index (χ3v) is 3.63. The highest BCUT2D eigenvalue weighted by Crippen LogP contribution is 2.16. The maximum atomic E-state index is 13.2. The van der Waals surface area contributed by atoms with Crippen LogP contribution in [-0.4, -0.2) is 36.0 Å². The van der Waals surface area contributed by atoms with Crippen molar-refractivity contribution in [3.8, 4) is 0 Å². The largest absolute Gasteiger partial charge is 0.453 e. The van der Waals surface area contributed by atoms with E-state index in [1.165, 1.54) is 25.1 Å². The second kappa shape index (κ2) is 7.73. The van der Waals surface area contributed by atoms with E-state index in [0.717, 1.165) is 0 Å². The monoisotopic (exact) mass is 351 g/mol. The summed E-state index contributed by atoms with van der Waals surface area (Å²) in [5, 5.41) is 6.90. The summed E-state index contributed by atoms with van der Waals surface area (Å²) in [7, 11) is 0. The molecular weight excluding hydrogens is 333 g/mol. The Balaban J connectivity index is 1.82. The van der Waals surface area contributed by atoms with Gasteiger partial charge in [-0.1, -0.05) is 6.07 Å². The van der Waals surface area contributed by atoms with Crippen molar-refractivity contribution in [3.63, 3.8) is 0 Å². The fourth-order valence-electron chi connectivity index (χ4n) is 2.20. The predicted molar refractivity (Wildman–Crippen MR) is 85.0 cm³/mol. The standard InChI is InChI=1S/C16H18FN3O5/c1-8-3-4-10(17)7-12(8)18-14(22)9(2)25-13(21)6-5-11-15(23)20-16(24)19-11/h3-4,7,9,11H,5-6H2,1-2H3,(H,18,22)(H2,19,20,23,24)/t9-,11+/m0/s1. The average molecular weight is 351 g/mol. The van der Waals surface area contributed by atoms with Gasteiger partial charge in [-0.15, -0.1) is 0 Å². The van der Waals surface area contributed by atoms with E-state index in [2.05, 4.69) is 16.0 Å². The first-order valence-electron chi connectivity index (χ1n) is 7.64. The van der Waals surface area contributed by atoms with Crippen LogP contribution in [0.3, 0.4) is 0 Å². The van der Waals surface area contributed by atoms with Crippen molar-refractivity contribution in [2.24, 2.45) is 0 Å². The number of esters is 1. The third kappa shape index (κ3) is 5.00. The van der Waals surface area contributed by atoms with Gasteiger partial charge in [0, 0.05) is 12.1 Å². The molecule has 3 N–H and O–H groups in total. The van der Waals surface area contributed by atoms with Crippen molar-refractivity contribution in [1.82, 2.24) is 10.6 Å². The number of halogens is 1. The molecular formula is C16H18FN3O5. The molecule has 2 rings (SSSR count). The van der Waals surface area contributed by atoms with Gasteiger partial charge in [0.25, 0.3) is 11.8 Å². The molecule has 1 saturated heterocycles. The number of hydrogen-bond donors (Lipinski definition) is 3. The number of imide groups is 1. The van der Waals surface area contributed by atoms with Gasteiger partial charge >= 0.3 is 12.0 Å². The molecule has 2 atom stereocenters. The van der Waals surface area contributed by atoms with Crippen LogP contribution < -0.4 is 16.0 Å². The number of aryl methyl sites for hydroxylation is 1. The second-order valence-corrected chi connectivity index (χ2v) is 5.63. The normalized spacial score (nSPS) is 17.5. The lowest BCUT2D eigenvalue weighted by molar-refractivity contribution is -0.153. The first-order valence-corrected chi connectivity index (χ1v) is 7.64. The van der Waals surface area contributed by atoms with Crippen molar-refractivity contribution in [1.29, 1.82) is 0 Å². The van der Waals surface area contributed by atoms with Crippen LogP contribution in [0.15, 0.2) is 18.2 Å². The zero-order chi connectivity index (χ0) is 18.6. The molecule has 1 fully saturated rings. The molecule has 0 aliphatic carbocycles. The van der Waals surface area contributed by atoms with E-state index in [1.54, 1.807) is 6.92 Å². The highest BCUT2D eigenvalue weighted by molar-refractivity contribution is 6.04. The summed E-state index contributed by atoms with van der Waals surface area (Å²) >= 11 is 0. The lowest BCUT2D eigenvalue weighted by atomic mass is 10.1. The topological polar surface area (TPSA) is 114 Å². The van der Waals surface area contributed by atoms with E-state index in [0.29, 0.717) is 11.3 Å². The van der Waals surface area contributed by atoms with Crippen LogP contribution in [0.4, 0.5) is 14.9 Å². The molecule has 9 heteroatoms. The lowest BCUT2D eigenvalue weighted by Gasteiger charge is -2.15. The summed E-state index contributed by atoms with van der Waals surface area (Å²) < 4.78 is 18.2. The summed E-state index contributed by atoms with van der Waals surface area (Å²) in [5.41, 5.74) is 0.953. The Bertz CT molecular complexity index is 722. The molecule has 0 bridgehead atoms. The molecule has 1 aliphatic heterocycles. The van der Waals surface area contributed by atoms with Crippen molar-refractivity contribution in [3.05, 3.63) is 29.6 Å². The zero-order valence-electron chi connectivity index (χ0n) is 13.7. The summed E-state index contributed by atoms with van der Waals surface area (Å²) in [6.45, 7) is 3.08. The fraction of sp³-hybridized carbons (Fsp3) is 0.375. The number of carbonyl (C=O) groups is 4. The highest BCUT2D eigenvalue weighted by atomic mass is 19.1. The number of nitrogens with one attached hydrogen (secondary N) is 3. The number of anilines is 1. The molecule has 1 heterocycles. The van der Waals surface area contributed by atoms with Crippen LogP contribution in [0.2, 0.25) is 0 Å². The van der Waals surface area contributed by atoms with E-state index in [1.807, 2.05) is 0 Å². The van der Waals surface area contributed by atoms with Gasteiger partial charge < -0.3 is 15.4 Å². The summed E-state index contributed by atoms with van der Waals surface area (Å²) in [6, 6.07) is 2.55. The predicted octanol–water partition coefficient (Wildman–Crippen LogP) is 0.993. The first-order chi connectivity index (χ1) is 11.8. The minimum Gasteiger partial charge on any atom is -0.453 e. The SMILES string of the molecule is Cc1ccc(F)cc1NC(=O)[C@H](C)OC(=O)CC[C@H]1NC(=O)NC1=O. The molecule has 0 spiro atoms. The molecule has 0 saturated carbocycles. The van der Waals surface area contributed by atoms with Crippen LogP contribution in [-0.2, 0) is 19.1 Å². The van der Waals surface area contributed by atoms with Gasteiger partial charge in [0.2, 0.25) is 0 Å². The smallest absolute Gasteiger partial charge is 0.322 e. The Labute approximate surface area is 143 Å². The van der Waals surface area contributed by atoms with Crippen molar-refractivity contribution < 1.29 is 28.3 Å². The maximum Gasteiger partial charge on any atom is 0.322 e. The van der Waals surface area contributed by atoms with Crippen LogP contribution in [0, 0.1) is 12.7 Å². The van der Waals surface area contributed by atoms with E-state index < -0.39 is 41.8 Å². The van der Waals surface area contributed by atoms with E-state index in [9.17, 15) is 23.6 Å². The van der Waals surface area contributed by atoms with E-state index in [-0.39, 0.29) is 12.8 Å². The van der Waals surface area contributed by atoms with Gasteiger partial charge in [0.05, 0.1) is 0 Å². The quantitative estimate of drug-likeness (QED) is 0.522. The molecule has 0 radical (unpaired) electrons. The molecule has 8 nitrogen and oxygen atoms in total. The molecule has 25 heavy (non-hydrogen) atoms. The van der Waals surface area contributed by atoms with Crippen LogP contribution in [0.25, 0.3) is 0 Å². The molecule has 4 amide bonds. The molecule has 0 aromatic heterocycles. The van der Waals surface area contributed by atoms with Gasteiger partial charge in [-0.2, -0.15) is 0 Å². The number of amides is 4. The molecule has 134 valence electrons. The first kappa shape index (κ1) is 18.4. The van der Waals surface area contributed by atoms with Gasteiger partial charge in [0.15, 0.2) is 6.10 Å². The second-order valence-electron chi connectivity index (χ2n) is 5.63. The third-order valence-electron chi connectivity index (χ3n) is 3.63. The Morgan fingerprint density at radius 3 is 2.72 bits per heavy atom. The zero-order valence-corrected chi connectivity index (χ0v) is 13.7. The van der Waals surface area contributed by atoms with Gasteiger partial charge in [-0.05, 0) is 38.0 Å². The Morgan fingerprint density at radius 1 is 1.36 bits per heavy atom. The fourth-order valence-corrected chi connectivity index (χ4v) is 2.20. The van der Waals surface area contributed by atoms with Gasteiger partial charge in [-0.25, -0.2) is 9.18 Å². The minimum absolute atomic E-state index is 0.0632. The molecule has 0 unspecified atom stereocenters. The average Bonchev–Trinajstić information content (AvgIpc) is 2.86. The van der Waals surface area contributed by atoms with Crippen LogP contribution in [0.1, 0.15) is 25.3 Å². The minimum atomic E-state index is -1.10. The van der Waals surface area contributed by atoms with Gasteiger partial charge in [0.1, 0.15) is 11.9 Å². The summed E-state index contributed by atoms with van der Waals surface area (Å²) in [5.74, 6) is -2.30. The lowest BCUT2D eigenvalue weighted by Crippen LogP contribution is -2.32. The van der Waals surface area contributed by atoms with Crippen molar-refractivity contribution in [2.75, 3.05) is 5.32 Å². The van der Waals surface area contributed by atoms with Gasteiger partial charge in [-0.3, -0.25) is 19.7 Å². The number of urea groups is 1. The van der Waals surface area contributed by atoms with Crippen LogP contribution >= 0.6 is 0 Å². The highest BCUT2D eigenvalue weighted by Gasteiger charge is 2.30. The Hall–Kier alpha value is -2.97. The van der Waals surface area contributed by atoms with E-state index in [4.69, 9.17) is 4.74 Å². The number of hydrogen-bond acceptors (Lipinski definition) is 5. The molecule has 1 aromatic rings. The summed E-state index contributed by atoms with van der Waals surface area (Å²) in [6.07, 6.45) is -1.18. The Morgan fingerprint density at radius 2 is 2.08 bits per heavy atom. The van der Waals surface area contributed by atoms with Crippen molar-refractivity contribution >= 4 is 29.5 Å². The summed E-state index contributed by atoms with van der Waals surface area (Å²) in [4.78, 5) is 46.1. The molecule has 1 aromatic carbocycles. The van der Waals surface area contributed by atoms with E-state index >= 15 is 0 Å². The number of rotatable bonds is 6. The number of ether oxygens (including phenoxy) is 1. The maximum absolute atomic E-state index is 13.2.